The molecule has 1 heterocycles. The second kappa shape index (κ2) is 8.54. The van der Waals surface area contributed by atoms with Crippen molar-refractivity contribution in [3.8, 4) is 5.75 Å². The maximum Gasteiger partial charge on any atom is 0.265 e. The fourth-order valence-corrected chi connectivity index (χ4v) is 3.70. The Morgan fingerprint density at radius 3 is 2.38 bits per heavy atom. The van der Waals surface area contributed by atoms with Crippen LogP contribution in [0.3, 0.4) is 0 Å². The van der Waals surface area contributed by atoms with E-state index in [4.69, 9.17) is 4.74 Å². The highest BCUT2D eigenvalue weighted by molar-refractivity contribution is 7.92. The zero-order valence-corrected chi connectivity index (χ0v) is 16.8. The van der Waals surface area contributed by atoms with Gasteiger partial charge in [0.2, 0.25) is 0 Å². The number of nitrogens with one attached hydrogen (secondary N) is 1. The second-order valence-corrected chi connectivity index (χ2v) is 8.96. The van der Waals surface area contributed by atoms with Gasteiger partial charge in [-0.1, -0.05) is 46.6 Å². The van der Waals surface area contributed by atoms with Crippen LogP contribution in [-0.2, 0) is 15.4 Å². The minimum atomic E-state index is -3.77. The summed E-state index contributed by atoms with van der Waals surface area (Å²) in [6.07, 6.45) is 6.13. The van der Waals surface area contributed by atoms with Gasteiger partial charge in [0.1, 0.15) is 10.6 Å². The Morgan fingerprint density at radius 2 is 1.77 bits per heavy atom. The van der Waals surface area contributed by atoms with Crippen molar-refractivity contribution in [1.82, 2.24) is 4.98 Å². The summed E-state index contributed by atoms with van der Waals surface area (Å²) in [4.78, 5) is 4.08. The highest BCUT2D eigenvalue weighted by atomic mass is 32.2. The Hall–Kier alpha value is -2.08. The number of nitrogens with zero attached hydrogens (tertiary/aromatic N) is 1. The largest absolute Gasteiger partial charge is 0.492 e. The Balaban J connectivity index is 2.37. The fraction of sp³-hybridized carbons (Fsp3) is 0.450. The normalized spacial score (nSPS) is 12.0. The third kappa shape index (κ3) is 5.46. The monoisotopic (exact) mass is 376 g/mol. The summed E-state index contributed by atoms with van der Waals surface area (Å²) in [5, 5.41) is 0. The van der Waals surface area contributed by atoms with Crippen molar-refractivity contribution in [3.05, 3.63) is 48.3 Å². The second-order valence-electron chi connectivity index (χ2n) is 7.31. The molecule has 142 valence electrons. The van der Waals surface area contributed by atoms with Crippen molar-refractivity contribution < 1.29 is 13.2 Å². The molecule has 0 fully saturated rings. The molecule has 0 saturated heterocycles. The first-order chi connectivity index (χ1) is 12.2. The topological polar surface area (TPSA) is 68.3 Å². The average Bonchev–Trinajstić information content (AvgIpc) is 2.58. The molecule has 0 radical (unpaired) electrons. The Morgan fingerprint density at radius 1 is 1.08 bits per heavy atom. The number of unbranched alkanes of at least 4 members (excludes halogenated alkanes) is 2. The van der Waals surface area contributed by atoms with Gasteiger partial charge < -0.3 is 4.74 Å². The number of anilines is 1. The summed E-state index contributed by atoms with van der Waals surface area (Å²) in [5.41, 5.74) is 1.24. The number of hydrogen-bond donors (Lipinski definition) is 1. The van der Waals surface area contributed by atoms with Gasteiger partial charge in [-0.15, -0.1) is 0 Å². The number of hydrogen-bond acceptors (Lipinski definition) is 4. The van der Waals surface area contributed by atoms with E-state index in [9.17, 15) is 8.42 Å². The van der Waals surface area contributed by atoms with Crippen LogP contribution in [-0.4, -0.2) is 20.0 Å². The molecule has 0 aliphatic carbocycles. The van der Waals surface area contributed by atoms with E-state index in [1.807, 2.05) is 6.07 Å². The Kier molecular flexibility index (Phi) is 6.64. The lowest BCUT2D eigenvalue weighted by atomic mass is 9.87. The predicted octanol–water partition coefficient (Wildman–Crippen LogP) is 4.75. The number of benzene rings is 1. The summed E-state index contributed by atoms with van der Waals surface area (Å²) in [7, 11) is -3.77. The fourth-order valence-electron chi connectivity index (χ4n) is 2.47. The van der Waals surface area contributed by atoms with Crippen LogP contribution in [0, 0.1) is 0 Å². The van der Waals surface area contributed by atoms with Gasteiger partial charge in [-0.3, -0.25) is 9.71 Å². The van der Waals surface area contributed by atoms with Gasteiger partial charge in [0.25, 0.3) is 10.0 Å². The van der Waals surface area contributed by atoms with Gasteiger partial charge >= 0.3 is 0 Å². The molecule has 26 heavy (non-hydrogen) atoms. The molecule has 6 heteroatoms. The average molecular weight is 377 g/mol. The molecule has 2 aromatic rings. The molecular formula is C20H28N2O3S. The van der Waals surface area contributed by atoms with Gasteiger partial charge in [0.05, 0.1) is 12.3 Å². The van der Waals surface area contributed by atoms with E-state index in [0.29, 0.717) is 18.0 Å². The molecule has 0 saturated carbocycles. The molecule has 1 N–H and O–H groups in total. The van der Waals surface area contributed by atoms with E-state index in [-0.39, 0.29) is 10.3 Å². The van der Waals surface area contributed by atoms with Crippen molar-refractivity contribution in [3.63, 3.8) is 0 Å². The highest BCUT2D eigenvalue weighted by Crippen LogP contribution is 2.32. The van der Waals surface area contributed by atoms with E-state index >= 15 is 0 Å². The van der Waals surface area contributed by atoms with E-state index < -0.39 is 10.0 Å². The summed E-state index contributed by atoms with van der Waals surface area (Å²) in [5.74, 6) is 0.385. The molecule has 2 rings (SSSR count). The third-order valence-corrected chi connectivity index (χ3v) is 5.44. The number of aromatic nitrogens is 1. The standard InChI is InChI=1S/C20H28N2O3S/c1-5-6-7-14-25-18-9-8-16(20(2,3)4)15-19(18)26(23,24)22-17-10-12-21-13-11-17/h8-13,15H,5-7,14H2,1-4H3,(H,21,22). The summed E-state index contributed by atoms with van der Waals surface area (Å²) < 4.78 is 34.4. The molecule has 0 atom stereocenters. The summed E-state index contributed by atoms with van der Waals surface area (Å²) >= 11 is 0. The summed E-state index contributed by atoms with van der Waals surface area (Å²) in [6, 6.07) is 8.63. The number of rotatable bonds is 8. The zero-order chi connectivity index (χ0) is 19.2. The minimum Gasteiger partial charge on any atom is -0.492 e. The zero-order valence-electron chi connectivity index (χ0n) is 16.0. The summed E-state index contributed by atoms with van der Waals surface area (Å²) in [6.45, 7) is 8.78. The van der Waals surface area contributed by atoms with Gasteiger partial charge in [0.15, 0.2) is 0 Å². The van der Waals surface area contributed by atoms with Crippen LogP contribution in [0.2, 0.25) is 0 Å². The molecule has 5 nitrogen and oxygen atoms in total. The lowest BCUT2D eigenvalue weighted by Crippen LogP contribution is -2.17. The molecule has 0 spiro atoms. The lowest BCUT2D eigenvalue weighted by Gasteiger charge is -2.21. The van der Waals surface area contributed by atoms with Gasteiger partial charge in [-0.2, -0.15) is 0 Å². The highest BCUT2D eigenvalue weighted by Gasteiger charge is 2.24. The van der Waals surface area contributed by atoms with Crippen LogP contribution in [0.4, 0.5) is 5.69 Å². The molecule has 1 aromatic heterocycles. The van der Waals surface area contributed by atoms with Gasteiger partial charge in [0, 0.05) is 12.4 Å². The maximum atomic E-state index is 13.0. The first-order valence-electron chi connectivity index (χ1n) is 8.94. The molecule has 0 bridgehead atoms. The Labute approximate surface area is 156 Å². The van der Waals surface area contributed by atoms with Crippen LogP contribution in [0.5, 0.6) is 5.75 Å². The molecule has 0 unspecified atom stereocenters. The van der Waals surface area contributed by atoms with E-state index in [0.717, 1.165) is 24.8 Å². The molecule has 1 aromatic carbocycles. The lowest BCUT2D eigenvalue weighted by molar-refractivity contribution is 0.298. The predicted molar refractivity (Wildman–Crippen MR) is 105 cm³/mol. The first kappa shape index (κ1) is 20.2. The van der Waals surface area contributed by atoms with Crippen molar-refractivity contribution >= 4 is 15.7 Å². The van der Waals surface area contributed by atoms with Crippen LogP contribution in [0.15, 0.2) is 47.6 Å². The molecule has 0 aliphatic rings. The van der Waals surface area contributed by atoms with E-state index in [1.165, 1.54) is 0 Å². The number of pyridine rings is 1. The molecule has 0 aliphatic heterocycles. The van der Waals surface area contributed by atoms with E-state index in [2.05, 4.69) is 37.4 Å². The number of ether oxygens (including phenoxy) is 1. The van der Waals surface area contributed by atoms with Crippen LogP contribution in [0.1, 0.15) is 52.5 Å². The Bertz CT molecular complexity index is 813. The van der Waals surface area contributed by atoms with Crippen LogP contribution in [0.25, 0.3) is 0 Å². The number of sulfonamides is 1. The molecule has 0 amide bonds. The minimum absolute atomic E-state index is 0.165. The van der Waals surface area contributed by atoms with Crippen molar-refractivity contribution in [2.45, 2.75) is 57.3 Å². The van der Waals surface area contributed by atoms with E-state index in [1.54, 1.807) is 36.7 Å². The SMILES string of the molecule is CCCCCOc1ccc(C(C)(C)C)cc1S(=O)(=O)Nc1ccncc1. The maximum absolute atomic E-state index is 13.0. The van der Waals surface area contributed by atoms with Crippen molar-refractivity contribution in [1.29, 1.82) is 0 Å². The first-order valence-corrected chi connectivity index (χ1v) is 10.4. The van der Waals surface area contributed by atoms with Crippen LogP contribution >= 0.6 is 0 Å². The quantitative estimate of drug-likeness (QED) is 0.675. The smallest absolute Gasteiger partial charge is 0.265 e. The van der Waals surface area contributed by atoms with Gasteiger partial charge in [-0.25, -0.2) is 8.42 Å². The van der Waals surface area contributed by atoms with Crippen LogP contribution < -0.4 is 9.46 Å². The van der Waals surface area contributed by atoms with Crippen molar-refractivity contribution in [2.75, 3.05) is 11.3 Å². The molecular weight excluding hydrogens is 348 g/mol. The van der Waals surface area contributed by atoms with Crippen molar-refractivity contribution in [2.24, 2.45) is 0 Å². The third-order valence-electron chi connectivity index (χ3n) is 4.04. The van der Waals surface area contributed by atoms with Gasteiger partial charge in [-0.05, 0) is 41.7 Å².